The second-order valence-electron chi connectivity index (χ2n) is 4.03. The predicted molar refractivity (Wildman–Crippen MR) is 55.8 cm³/mol. The van der Waals surface area contributed by atoms with E-state index in [4.69, 9.17) is 5.11 Å². The molecule has 2 heteroatoms. The fourth-order valence-electron chi connectivity index (χ4n) is 1.62. The van der Waals surface area contributed by atoms with Crippen LogP contribution in [0.3, 0.4) is 0 Å². The molecule has 0 saturated carbocycles. The van der Waals surface area contributed by atoms with Crippen molar-refractivity contribution in [1.29, 1.82) is 0 Å². The molecule has 0 fully saturated rings. The minimum Gasteiger partial charge on any atom is -0.396 e. The lowest BCUT2D eigenvalue weighted by Gasteiger charge is -2.12. The third-order valence-corrected chi connectivity index (χ3v) is 2.43. The highest BCUT2D eigenvalue weighted by Gasteiger charge is 2.10. The molecule has 0 aliphatic rings. The normalized spacial score (nSPS) is 12.9. The largest absolute Gasteiger partial charge is 0.396 e. The lowest BCUT2D eigenvalue weighted by molar-refractivity contribution is 0.236. The minimum atomic E-state index is -0.150. The topological polar surface area (TPSA) is 20.2 Å². The molecule has 1 rings (SSSR count). The van der Waals surface area contributed by atoms with Crippen LogP contribution in [0, 0.1) is 25.6 Å². The average molecular weight is 196 g/mol. The van der Waals surface area contributed by atoms with E-state index in [2.05, 4.69) is 0 Å². The van der Waals surface area contributed by atoms with Gasteiger partial charge in [0.25, 0.3) is 0 Å². The maximum Gasteiger partial charge on any atom is 0.126 e. The van der Waals surface area contributed by atoms with Crippen molar-refractivity contribution in [3.63, 3.8) is 0 Å². The monoisotopic (exact) mass is 196 g/mol. The van der Waals surface area contributed by atoms with Gasteiger partial charge in [-0.3, -0.25) is 0 Å². The summed E-state index contributed by atoms with van der Waals surface area (Å²) >= 11 is 0. The number of halogens is 1. The van der Waals surface area contributed by atoms with Crippen LogP contribution in [0.4, 0.5) is 4.39 Å². The lowest BCUT2D eigenvalue weighted by atomic mass is 9.96. The van der Waals surface area contributed by atoms with Gasteiger partial charge in [0.05, 0.1) is 0 Å². The van der Waals surface area contributed by atoms with E-state index < -0.39 is 0 Å². The van der Waals surface area contributed by atoms with Gasteiger partial charge in [0.2, 0.25) is 0 Å². The summed E-state index contributed by atoms with van der Waals surface area (Å²) in [5.41, 5.74) is 2.65. The van der Waals surface area contributed by atoms with Gasteiger partial charge in [-0.1, -0.05) is 13.0 Å². The first-order valence-corrected chi connectivity index (χ1v) is 4.91. The number of hydrogen-bond donors (Lipinski definition) is 1. The highest BCUT2D eigenvalue weighted by Crippen LogP contribution is 2.19. The van der Waals surface area contributed by atoms with Crippen molar-refractivity contribution >= 4 is 0 Å². The van der Waals surface area contributed by atoms with Gasteiger partial charge in [-0.05, 0) is 48.9 Å². The molecule has 1 atom stereocenters. The van der Waals surface area contributed by atoms with E-state index in [1.807, 2.05) is 26.8 Å². The average Bonchev–Trinajstić information content (AvgIpc) is 2.10. The summed E-state index contributed by atoms with van der Waals surface area (Å²) in [7, 11) is 0. The van der Waals surface area contributed by atoms with Gasteiger partial charge in [-0.2, -0.15) is 0 Å². The van der Waals surface area contributed by atoms with E-state index in [0.29, 0.717) is 6.42 Å². The van der Waals surface area contributed by atoms with Crippen LogP contribution in [0.15, 0.2) is 12.1 Å². The van der Waals surface area contributed by atoms with Crippen molar-refractivity contribution in [2.24, 2.45) is 5.92 Å². The fraction of sp³-hybridized carbons (Fsp3) is 0.500. The van der Waals surface area contributed by atoms with Crippen LogP contribution in [-0.2, 0) is 6.42 Å². The molecule has 14 heavy (non-hydrogen) atoms. The van der Waals surface area contributed by atoms with E-state index in [9.17, 15) is 4.39 Å². The second kappa shape index (κ2) is 4.56. The van der Waals surface area contributed by atoms with Gasteiger partial charge >= 0.3 is 0 Å². The Hall–Kier alpha value is -0.890. The summed E-state index contributed by atoms with van der Waals surface area (Å²) in [4.78, 5) is 0. The number of aliphatic hydroxyl groups excluding tert-OH is 1. The first-order chi connectivity index (χ1) is 6.54. The van der Waals surface area contributed by atoms with Crippen LogP contribution in [0.2, 0.25) is 0 Å². The molecule has 0 saturated heterocycles. The van der Waals surface area contributed by atoms with Gasteiger partial charge in [-0.25, -0.2) is 4.39 Å². The predicted octanol–water partition coefficient (Wildman–Crippen LogP) is 2.61. The van der Waals surface area contributed by atoms with E-state index >= 15 is 0 Å². The first kappa shape index (κ1) is 11.2. The van der Waals surface area contributed by atoms with Gasteiger partial charge < -0.3 is 5.11 Å². The Morgan fingerprint density at radius 3 is 2.50 bits per heavy atom. The molecule has 78 valence electrons. The summed E-state index contributed by atoms with van der Waals surface area (Å²) in [6.07, 6.45) is 0.606. The Morgan fingerprint density at radius 1 is 1.36 bits per heavy atom. The number of aryl methyl sites for hydroxylation is 2. The van der Waals surface area contributed by atoms with Crippen LogP contribution in [0.1, 0.15) is 23.6 Å². The summed E-state index contributed by atoms with van der Waals surface area (Å²) in [5, 5.41) is 8.91. The molecule has 1 aromatic rings. The van der Waals surface area contributed by atoms with Crippen molar-refractivity contribution in [2.75, 3.05) is 6.61 Å². The van der Waals surface area contributed by atoms with Gasteiger partial charge in [0.1, 0.15) is 5.82 Å². The van der Waals surface area contributed by atoms with Crippen molar-refractivity contribution < 1.29 is 9.50 Å². The van der Waals surface area contributed by atoms with Crippen molar-refractivity contribution in [2.45, 2.75) is 27.2 Å². The van der Waals surface area contributed by atoms with Gasteiger partial charge in [0.15, 0.2) is 0 Å². The Balaban J connectivity index is 2.96. The third-order valence-electron chi connectivity index (χ3n) is 2.43. The zero-order valence-electron chi connectivity index (χ0n) is 8.97. The number of hydrogen-bond acceptors (Lipinski definition) is 1. The molecule has 0 heterocycles. The van der Waals surface area contributed by atoms with E-state index in [1.54, 1.807) is 6.07 Å². The van der Waals surface area contributed by atoms with Gasteiger partial charge in [0, 0.05) is 6.61 Å². The standard InChI is InChI=1S/C12H17FO/c1-8-4-10(3)11(12(13)6-8)5-9(2)7-14/h4,6,9,14H,5,7H2,1-3H3. The Kier molecular flexibility index (Phi) is 3.64. The molecule has 0 aliphatic carbocycles. The number of benzene rings is 1. The molecule has 0 bridgehead atoms. The Labute approximate surface area is 84.6 Å². The van der Waals surface area contributed by atoms with Crippen molar-refractivity contribution in [3.05, 3.63) is 34.6 Å². The molecule has 0 aliphatic heterocycles. The summed E-state index contributed by atoms with van der Waals surface area (Å²) in [6.45, 7) is 5.82. The Bertz CT molecular complexity index is 297. The summed E-state index contributed by atoms with van der Waals surface area (Å²) in [6, 6.07) is 3.52. The van der Waals surface area contributed by atoms with Gasteiger partial charge in [-0.15, -0.1) is 0 Å². The van der Waals surface area contributed by atoms with Crippen molar-refractivity contribution in [1.82, 2.24) is 0 Å². The van der Waals surface area contributed by atoms with Crippen LogP contribution < -0.4 is 0 Å². The quantitative estimate of drug-likeness (QED) is 0.788. The zero-order chi connectivity index (χ0) is 10.7. The highest BCUT2D eigenvalue weighted by atomic mass is 19.1. The zero-order valence-corrected chi connectivity index (χ0v) is 8.97. The van der Waals surface area contributed by atoms with Crippen LogP contribution in [0.5, 0.6) is 0 Å². The molecular weight excluding hydrogens is 179 g/mol. The third kappa shape index (κ3) is 2.55. The molecule has 1 unspecified atom stereocenters. The van der Waals surface area contributed by atoms with E-state index in [0.717, 1.165) is 16.7 Å². The van der Waals surface area contributed by atoms with Crippen LogP contribution in [0.25, 0.3) is 0 Å². The van der Waals surface area contributed by atoms with Crippen LogP contribution >= 0.6 is 0 Å². The first-order valence-electron chi connectivity index (χ1n) is 4.91. The molecule has 1 N–H and O–H groups in total. The maximum absolute atomic E-state index is 13.5. The minimum absolute atomic E-state index is 0.104. The second-order valence-corrected chi connectivity index (χ2v) is 4.03. The fourth-order valence-corrected chi connectivity index (χ4v) is 1.62. The molecule has 0 spiro atoms. The number of rotatable bonds is 3. The smallest absolute Gasteiger partial charge is 0.126 e. The molecular formula is C12H17FO. The number of aliphatic hydroxyl groups is 1. The highest BCUT2D eigenvalue weighted by molar-refractivity contribution is 5.32. The molecule has 1 aromatic carbocycles. The summed E-state index contributed by atoms with van der Waals surface area (Å²) in [5.74, 6) is -0.0336. The van der Waals surface area contributed by atoms with Crippen molar-refractivity contribution in [3.8, 4) is 0 Å². The molecule has 1 nitrogen and oxygen atoms in total. The SMILES string of the molecule is Cc1cc(C)c(CC(C)CO)c(F)c1. The molecule has 0 amide bonds. The molecule has 0 radical (unpaired) electrons. The Morgan fingerprint density at radius 2 is 2.00 bits per heavy atom. The summed E-state index contributed by atoms with van der Waals surface area (Å²) < 4.78 is 13.5. The molecule has 0 aromatic heterocycles. The van der Waals surface area contributed by atoms with E-state index in [1.165, 1.54) is 0 Å². The maximum atomic E-state index is 13.5. The lowest BCUT2D eigenvalue weighted by Crippen LogP contribution is -2.08. The van der Waals surface area contributed by atoms with Crippen LogP contribution in [-0.4, -0.2) is 11.7 Å². The van der Waals surface area contributed by atoms with E-state index in [-0.39, 0.29) is 18.3 Å².